The predicted octanol–water partition coefficient (Wildman–Crippen LogP) is 3.93. The number of aromatic nitrogens is 2. The van der Waals surface area contributed by atoms with Gasteiger partial charge in [0.15, 0.2) is 0 Å². The van der Waals surface area contributed by atoms with Crippen LogP contribution in [0.1, 0.15) is 63.2 Å². The molecule has 1 atom stereocenters. The Morgan fingerprint density at radius 2 is 1.89 bits per heavy atom. The van der Waals surface area contributed by atoms with Gasteiger partial charge in [0.2, 0.25) is 5.91 Å². The summed E-state index contributed by atoms with van der Waals surface area (Å²) in [5.41, 5.74) is 0. The van der Waals surface area contributed by atoms with Crippen LogP contribution in [0.4, 0.5) is 5.82 Å². The fraction of sp³-hybridized carbons (Fsp3) is 0.741. The number of fused-ring (bicyclic) bond motifs is 1. The molecule has 1 saturated carbocycles. The van der Waals surface area contributed by atoms with Crippen LogP contribution in [0.15, 0.2) is 12.4 Å². The number of hydrogen-bond acceptors (Lipinski definition) is 7. The van der Waals surface area contributed by atoms with Crippen molar-refractivity contribution in [1.29, 1.82) is 0 Å². The Morgan fingerprint density at radius 1 is 1.06 bits per heavy atom. The third-order valence-corrected chi connectivity index (χ3v) is 9.44. The second-order valence-corrected chi connectivity index (χ2v) is 11.7. The normalized spacial score (nSPS) is 23.1. The van der Waals surface area contributed by atoms with Gasteiger partial charge < -0.3 is 15.1 Å². The van der Waals surface area contributed by atoms with E-state index >= 15 is 0 Å². The second kappa shape index (κ2) is 12.0. The van der Waals surface area contributed by atoms with Crippen LogP contribution in [0, 0.1) is 5.92 Å². The van der Waals surface area contributed by atoms with Crippen LogP contribution >= 0.6 is 11.3 Å². The first kappa shape index (κ1) is 24.9. The zero-order valence-electron chi connectivity index (χ0n) is 21.4. The molecule has 3 aliphatic rings. The van der Waals surface area contributed by atoms with E-state index in [0.717, 1.165) is 73.9 Å². The van der Waals surface area contributed by atoms with Gasteiger partial charge in [-0.2, -0.15) is 0 Å². The summed E-state index contributed by atoms with van der Waals surface area (Å²) in [5.74, 6) is 1.24. The molecular weight excluding hydrogens is 456 g/mol. The summed E-state index contributed by atoms with van der Waals surface area (Å²) < 4.78 is 0. The van der Waals surface area contributed by atoms with E-state index in [9.17, 15) is 4.79 Å². The van der Waals surface area contributed by atoms with Gasteiger partial charge in [0, 0.05) is 56.7 Å². The van der Waals surface area contributed by atoms with Crippen LogP contribution in [-0.4, -0.2) is 84.1 Å². The molecule has 8 heteroatoms. The molecule has 2 saturated heterocycles. The number of amides is 1. The van der Waals surface area contributed by atoms with Gasteiger partial charge in [-0.15, -0.1) is 11.3 Å². The van der Waals surface area contributed by atoms with Crippen molar-refractivity contribution in [1.82, 2.24) is 25.1 Å². The van der Waals surface area contributed by atoms with Crippen molar-refractivity contribution in [3.05, 3.63) is 17.3 Å². The highest BCUT2D eigenvalue weighted by Gasteiger charge is 2.28. The lowest BCUT2D eigenvalue weighted by Gasteiger charge is -2.40. The molecule has 0 aromatic carbocycles. The number of hydrogen-bond donors (Lipinski definition) is 1. The van der Waals surface area contributed by atoms with E-state index in [1.54, 1.807) is 17.7 Å². The average Bonchev–Trinajstić information content (AvgIpc) is 3.36. The maximum atomic E-state index is 13.0. The molecule has 0 radical (unpaired) electrons. The maximum absolute atomic E-state index is 13.0. The minimum atomic E-state index is 0.0390. The average molecular weight is 499 g/mol. The topological polar surface area (TPSA) is 64.6 Å². The number of carbonyl (C=O) groups excluding carboxylic acids is 1. The molecule has 2 aromatic heterocycles. The van der Waals surface area contributed by atoms with Crippen LogP contribution in [0.5, 0.6) is 0 Å². The van der Waals surface area contributed by atoms with E-state index in [4.69, 9.17) is 0 Å². The van der Waals surface area contributed by atoms with Gasteiger partial charge in [-0.05, 0) is 51.1 Å². The summed E-state index contributed by atoms with van der Waals surface area (Å²) in [7, 11) is 0. The summed E-state index contributed by atoms with van der Waals surface area (Å²) in [6.45, 7) is 10.5. The van der Waals surface area contributed by atoms with Crippen LogP contribution in [0.2, 0.25) is 0 Å². The Balaban J connectivity index is 1.04. The van der Waals surface area contributed by atoms with E-state index in [2.05, 4.69) is 43.0 Å². The molecule has 3 fully saturated rings. The molecule has 0 bridgehead atoms. The van der Waals surface area contributed by atoms with Gasteiger partial charge in [0.1, 0.15) is 17.0 Å². The molecule has 1 amide bonds. The number of rotatable bonds is 8. The van der Waals surface area contributed by atoms with Crippen LogP contribution < -0.4 is 10.2 Å². The molecule has 0 spiro atoms. The molecule has 2 aliphatic heterocycles. The number of carbonyl (C=O) groups is 1. The Kier molecular flexibility index (Phi) is 8.52. The van der Waals surface area contributed by atoms with Gasteiger partial charge in [-0.3, -0.25) is 9.69 Å². The van der Waals surface area contributed by atoms with Crippen molar-refractivity contribution in [3.8, 4) is 0 Å². The summed E-state index contributed by atoms with van der Waals surface area (Å²) in [4.78, 5) is 32.1. The number of piperidine rings is 1. The molecule has 1 aliphatic carbocycles. The summed E-state index contributed by atoms with van der Waals surface area (Å²) >= 11 is 1.75. The Labute approximate surface area is 214 Å². The van der Waals surface area contributed by atoms with Crippen LogP contribution in [0.25, 0.3) is 10.2 Å². The first-order valence-corrected chi connectivity index (χ1v) is 14.8. The molecule has 192 valence electrons. The third kappa shape index (κ3) is 6.15. The van der Waals surface area contributed by atoms with Crippen LogP contribution in [-0.2, 0) is 11.2 Å². The lowest BCUT2D eigenvalue weighted by Crippen LogP contribution is -2.51. The largest absolute Gasteiger partial charge is 0.356 e. The van der Waals surface area contributed by atoms with Crippen molar-refractivity contribution < 1.29 is 4.79 Å². The van der Waals surface area contributed by atoms with Crippen LogP contribution in [0.3, 0.4) is 0 Å². The van der Waals surface area contributed by atoms with Gasteiger partial charge in [-0.1, -0.05) is 26.2 Å². The number of nitrogens with one attached hydrogen (secondary N) is 1. The first-order valence-electron chi connectivity index (χ1n) is 13.9. The lowest BCUT2D eigenvalue weighted by atomic mass is 9.94. The van der Waals surface area contributed by atoms with E-state index in [1.165, 1.54) is 63.2 Å². The summed E-state index contributed by atoms with van der Waals surface area (Å²) in [6, 6.07) is 3.07. The first-order chi connectivity index (χ1) is 17.2. The molecule has 5 rings (SSSR count). The molecule has 7 nitrogen and oxygen atoms in total. The fourth-order valence-corrected chi connectivity index (χ4v) is 7.09. The number of piperazine rings is 1. The number of nitrogens with zero attached hydrogens (tertiary/aromatic N) is 5. The van der Waals surface area contributed by atoms with E-state index < -0.39 is 0 Å². The minimum Gasteiger partial charge on any atom is -0.356 e. The van der Waals surface area contributed by atoms with Crippen molar-refractivity contribution in [3.63, 3.8) is 0 Å². The monoisotopic (exact) mass is 498 g/mol. The SMILES string of the molecule is CCc1cc2c(N3CCC[C@H](C(=O)NCCCN4CCN(C5CCCCC5)CC4)C3)ncnc2s1. The Morgan fingerprint density at radius 3 is 2.69 bits per heavy atom. The summed E-state index contributed by atoms with van der Waals surface area (Å²) in [5, 5.41) is 4.38. The Bertz CT molecular complexity index is 966. The quantitative estimate of drug-likeness (QED) is 0.557. The lowest BCUT2D eigenvalue weighted by molar-refractivity contribution is -0.125. The smallest absolute Gasteiger partial charge is 0.224 e. The molecule has 0 unspecified atom stereocenters. The van der Waals surface area contributed by atoms with E-state index in [1.807, 2.05) is 0 Å². The fourth-order valence-electron chi connectivity index (χ4n) is 6.16. The second-order valence-electron chi connectivity index (χ2n) is 10.6. The van der Waals surface area contributed by atoms with Gasteiger partial charge >= 0.3 is 0 Å². The molecule has 35 heavy (non-hydrogen) atoms. The van der Waals surface area contributed by atoms with Gasteiger partial charge in [0.05, 0.1) is 11.3 Å². The molecule has 1 N–H and O–H groups in total. The van der Waals surface area contributed by atoms with E-state index in [-0.39, 0.29) is 11.8 Å². The van der Waals surface area contributed by atoms with Gasteiger partial charge in [-0.25, -0.2) is 9.97 Å². The van der Waals surface area contributed by atoms with Gasteiger partial charge in [0.25, 0.3) is 0 Å². The molecule has 4 heterocycles. The zero-order valence-corrected chi connectivity index (χ0v) is 22.2. The highest BCUT2D eigenvalue weighted by Crippen LogP contribution is 2.32. The maximum Gasteiger partial charge on any atom is 0.224 e. The highest BCUT2D eigenvalue weighted by atomic mass is 32.1. The van der Waals surface area contributed by atoms with Crippen molar-refractivity contribution in [2.75, 3.05) is 57.3 Å². The minimum absolute atomic E-state index is 0.0390. The third-order valence-electron chi connectivity index (χ3n) is 8.25. The number of thiophene rings is 1. The highest BCUT2D eigenvalue weighted by molar-refractivity contribution is 7.18. The number of anilines is 1. The van der Waals surface area contributed by atoms with Crippen molar-refractivity contribution in [2.45, 2.75) is 70.8 Å². The number of aryl methyl sites for hydroxylation is 1. The predicted molar refractivity (Wildman–Crippen MR) is 144 cm³/mol. The summed E-state index contributed by atoms with van der Waals surface area (Å²) in [6.07, 6.45) is 12.8. The van der Waals surface area contributed by atoms with E-state index in [0.29, 0.717) is 0 Å². The molecule has 2 aromatic rings. The Hall–Kier alpha value is -1.77. The zero-order chi connectivity index (χ0) is 24.0. The van der Waals surface area contributed by atoms with Crippen molar-refractivity contribution in [2.24, 2.45) is 5.92 Å². The molecular formula is C27H42N6OS. The van der Waals surface area contributed by atoms with Crippen molar-refractivity contribution >= 4 is 33.3 Å². The standard InChI is InChI=1S/C27H42N6OS/c1-2-23-18-24-25(29-20-30-27(24)35-23)33-13-6-8-21(19-33)26(34)28-11-7-12-31-14-16-32(17-15-31)22-9-4-3-5-10-22/h18,20-22H,2-17,19H2,1H3,(H,28,34)/t21-/m0/s1.